The maximum absolute atomic E-state index is 3.98. The average Bonchev–Trinajstić information content (AvgIpc) is 3.09. The first-order valence-electron chi connectivity index (χ1n) is 11.7. The van der Waals surface area contributed by atoms with E-state index in [1.54, 1.807) is 0 Å². The number of aryl methyl sites for hydroxylation is 2. The highest BCUT2D eigenvalue weighted by Gasteiger charge is 2.46. The van der Waals surface area contributed by atoms with Crippen LogP contribution in [0.25, 0.3) is 11.1 Å². The monoisotopic (exact) mass is 426 g/mol. The van der Waals surface area contributed by atoms with Crippen molar-refractivity contribution in [3.63, 3.8) is 0 Å². The summed E-state index contributed by atoms with van der Waals surface area (Å²) < 4.78 is 0. The van der Waals surface area contributed by atoms with E-state index in [4.69, 9.17) is 0 Å². The smallest absolute Gasteiger partial charge is 0.0713 e. The molecule has 162 valence electrons. The van der Waals surface area contributed by atoms with E-state index in [0.29, 0.717) is 0 Å². The Balaban J connectivity index is 1.94. The standard InChI is InChI=1S/C33H30/c1-5-9-25-11-7-13-27(21-25)33(28-14-8-12-26(22-28)10-6-2)31-19-23(3)15-17-29(31)30-18-16-24(4)20-32(30)33/h5-8,11-22H,1-2,9-10H2,3-4H3. The molecule has 4 aromatic carbocycles. The minimum atomic E-state index is -0.364. The third kappa shape index (κ3) is 3.38. The number of hydrogen-bond acceptors (Lipinski definition) is 0. The van der Waals surface area contributed by atoms with Crippen LogP contribution in [0.15, 0.2) is 110 Å². The molecule has 1 aliphatic rings. The van der Waals surface area contributed by atoms with Crippen LogP contribution in [0.1, 0.15) is 44.5 Å². The van der Waals surface area contributed by atoms with E-state index in [0.717, 1.165) is 12.8 Å². The van der Waals surface area contributed by atoms with Crippen molar-refractivity contribution in [3.8, 4) is 11.1 Å². The van der Waals surface area contributed by atoms with Crippen LogP contribution in [0.3, 0.4) is 0 Å². The summed E-state index contributed by atoms with van der Waals surface area (Å²) >= 11 is 0. The van der Waals surface area contributed by atoms with Gasteiger partial charge in [-0.15, -0.1) is 13.2 Å². The predicted molar refractivity (Wildman–Crippen MR) is 141 cm³/mol. The molecule has 0 heterocycles. The zero-order valence-electron chi connectivity index (χ0n) is 19.6. The largest absolute Gasteiger partial charge is 0.103 e. The lowest BCUT2D eigenvalue weighted by atomic mass is 9.66. The molecule has 0 fully saturated rings. The van der Waals surface area contributed by atoms with Crippen molar-refractivity contribution < 1.29 is 0 Å². The molecule has 0 saturated heterocycles. The normalized spacial score (nSPS) is 13.3. The summed E-state index contributed by atoms with van der Waals surface area (Å²) in [5, 5.41) is 0. The molecule has 0 amide bonds. The van der Waals surface area contributed by atoms with E-state index in [-0.39, 0.29) is 5.41 Å². The maximum atomic E-state index is 3.98. The summed E-state index contributed by atoms with van der Waals surface area (Å²) in [5.74, 6) is 0. The first-order valence-corrected chi connectivity index (χ1v) is 11.7. The van der Waals surface area contributed by atoms with Gasteiger partial charge in [0.1, 0.15) is 0 Å². The highest BCUT2D eigenvalue weighted by molar-refractivity contribution is 5.86. The fraction of sp³-hybridized carbons (Fsp3) is 0.152. The van der Waals surface area contributed by atoms with Crippen LogP contribution in [0.4, 0.5) is 0 Å². The van der Waals surface area contributed by atoms with Crippen molar-refractivity contribution in [1.82, 2.24) is 0 Å². The third-order valence-corrected chi connectivity index (χ3v) is 6.93. The molecule has 0 radical (unpaired) electrons. The van der Waals surface area contributed by atoms with Crippen LogP contribution in [0.2, 0.25) is 0 Å². The number of rotatable bonds is 6. The Hall–Kier alpha value is -3.64. The Morgan fingerprint density at radius 2 is 1.06 bits per heavy atom. The zero-order chi connectivity index (χ0) is 23.0. The summed E-state index contributed by atoms with van der Waals surface area (Å²) in [6.45, 7) is 12.3. The Bertz CT molecular complexity index is 1260. The molecule has 0 aromatic heterocycles. The molecule has 0 heteroatoms. The highest BCUT2D eigenvalue weighted by atomic mass is 14.5. The lowest BCUT2D eigenvalue weighted by molar-refractivity contribution is 0.763. The van der Waals surface area contributed by atoms with E-state index in [1.165, 1.54) is 55.6 Å². The SMILES string of the molecule is C=CCc1cccc(C2(c3cccc(CC=C)c3)c3cc(C)ccc3-c3ccc(C)cc32)c1. The Morgan fingerprint density at radius 1 is 0.606 bits per heavy atom. The zero-order valence-corrected chi connectivity index (χ0v) is 19.6. The van der Waals surface area contributed by atoms with Gasteiger partial charge in [0, 0.05) is 0 Å². The summed E-state index contributed by atoms with van der Waals surface area (Å²) in [5.41, 5.74) is 12.8. The van der Waals surface area contributed by atoms with Gasteiger partial charge in [0.25, 0.3) is 0 Å². The van der Waals surface area contributed by atoms with Gasteiger partial charge < -0.3 is 0 Å². The molecule has 0 bridgehead atoms. The first-order chi connectivity index (χ1) is 16.1. The van der Waals surface area contributed by atoms with Crippen LogP contribution >= 0.6 is 0 Å². The van der Waals surface area contributed by atoms with Crippen LogP contribution < -0.4 is 0 Å². The second kappa shape index (κ2) is 8.37. The average molecular weight is 427 g/mol. The molecule has 0 unspecified atom stereocenters. The molecule has 0 saturated carbocycles. The number of allylic oxidation sites excluding steroid dienone is 2. The van der Waals surface area contributed by atoms with Crippen LogP contribution in [0, 0.1) is 13.8 Å². The van der Waals surface area contributed by atoms with Gasteiger partial charge >= 0.3 is 0 Å². The third-order valence-electron chi connectivity index (χ3n) is 6.93. The van der Waals surface area contributed by atoms with Crippen molar-refractivity contribution in [1.29, 1.82) is 0 Å². The summed E-state index contributed by atoms with van der Waals surface area (Å²) in [7, 11) is 0. The van der Waals surface area contributed by atoms with E-state index < -0.39 is 0 Å². The number of fused-ring (bicyclic) bond motifs is 3. The molecule has 0 N–H and O–H groups in total. The number of hydrogen-bond donors (Lipinski definition) is 0. The molecule has 33 heavy (non-hydrogen) atoms. The Morgan fingerprint density at radius 3 is 1.48 bits per heavy atom. The highest BCUT2D eigenvalue weighted by Crippen LogP contribution is 2.56. The van der Waals surface area contributed by atoms with Gasteiger partial charge in [-0.05, 0) is 71.2 Å². The van der Waals surface area contributed by atoms with Crippen molar-refractivity contribution in [2.45, 2.75) is 32.1 Å². The molecular formula is C33H30. The lowest BCUT2D eigenvalue weighted by Gasteiger charge is -2.35. The van der Waals surface area contributed by atoms with Crippen molar-refractivity contribution in [3.05, 3.63) is 155 Å². The molecular weight excluding hydrogens is 396 g/mol. The van der Waals surface area contributed by atoms with Crippen molar-refractivity contribution >= 4 is 0 Å². The summed E-state index contributed by atoms with van der Waals surface area (Å²) in [6, 6.07) is 32.1. The van der Waals surface area contributed by atoms with Crippen LogP contribution in [-0.4, -0.2) is 0 Å². The van der Waals surface area contributed by atoms with E-state index in [1.807, 2.05) is 12.2 Å². The minimum Gasteiger partial charge on any atom is -0.103 e. The second-order valence-electron chi connectivity index (χ2n) is 9.23. The minimum absolute atomic E-state index is 0.364. The quantitative estimate of drug-likeness (QED) is 0.240. The maximum Gasteiger partial charge on any atom is 0.0713 e. The number of benzene rings is 4. The first kappa shape index (κ1) is 21.2. The second-order valence-corrected chi connectivity index (χ2v) is 9.23. The molecule has 0 nitrogen and oxygen atoms in total. The van der Waals surface area contributed by atoms with Gasteiger partial charge in [-0.2, -0.15) is 0 Å². The van der Waals surface area contributed by atoms with Crippen LogP contribution in [0.5, 0.6) is 0 Å². The van der Waals surface area contributed by atoms with Gasteiger partial charge in [0.05, 0.1) is 5.41 Å². The molecule has 1 aliphatic carbocycles. The van der Waals surface area contributed by atoms with Gasteiger partial charge in [-0.25, -0.2) is 0 Å². The van der Waals surface area contributed by atoms with Gasteiger partial charge in [0.2, 0.25) is 0 Å². The topological polar surface area (TPSA) is 0 Å². The van der Waals surface area contributed by atoms with Crippen molar-refractivity contribution in [2.24, 2.45) is 0 Å². The molecule has 0 aliphatic heterocycles. The van der Waals surface area contributed by atoms with Crippen molar-refractivity contribution in [2.75, 3.05) is 0 Å². The van der Waals surface area contributed by atoms with E-state index >= 15 is 0 Å². The molecule has 4 aromatic rings. The molecule has 0 atom stereocenters. The van der Waals surface area contributed by atoms with Crippen LogP contribution in [-0.2, 0) is 18.3 Å². The van der Waals surface area contributed by atoms with Gasteiger partial charge in [-0.3, -0.25) is 0 Å². The fourth-order valence-corrected chi connectivity index (χ4v) is 5.54. The van der Waals surface area contributed by atoms with E-state index in [2.05, 4.69) is 112 Å². The van der Waals surface area contributed by atoms with E-state index in [9.17, 15) is 0 Å². The molecule has 0 spiro atoms. The molecule has 5 rings (SSSR count). The predicted octanol–water partition coefficient (Wildman–Crippen LogP) is 8.12. The van der Waals surface area contributed by atoms with Gasteiger partial charge in [0.15, 0.2) is 0 Å². The lowest BCUT2D eigenvalue weighted by Crippen LogP contribution is -2.29. The van der Waals surface area contributed by atoms with Gasteiger partial charge in [-0.1, -0.05) is 108 Å². The Kier molecular flexibility index (Phi) is 5.38. The Labute approximate surface area is 198 Å². The fourth-order valence-electron chi connectivity index (χ4n) is 5.54. The summed E-state index contributed by atoms with van der Waals surface area (Å²) in [6.07, 6.45) is 5.70. The summed E-state index contributed by atoms with van der Waals surface area (Å²) in [4.78, 5) is 0.